The topological polar surface area (TPSA) is 65.1 Å². The van der Waals surface area contributed by atoms with Gasteiger partial charge in [0.15, 0.2) is 0 Å². The SMILES string of the molecule is CNCCN(C)C/C(=C/N)C(=N)c1cc(CCC(C)C)cc(C(F)(F)F)c1. The fourth-order valence-corrected chi connectivity index (χ4v) is 2.67. The number of nitrogens with zero attached hydrogens (tertiary/aromatic N) is 1. The molecule has 27 heavy (non-hydrogen) atoms. The fourth-order valence-electron chi connectivity index (χ4n) is 2.67. The third-order valence-electron chi connectivity index (χ3n) is 4.33. The van der Waals surface area contributed by atoms with Crippen molar-refractivity contribution in [1.82, 2.24) is 10.2 Å². The van der Waals surface area contributed by atoms with E-state index in [4.69, 9.17) is 11.1 Å². The third-order valence-corrected chi connectivity index (χ3v) is 4.33. The predicted octanol–water partition coefficient (Wildman–Crippen LogP) is 3.66. The maximum absolute atomic E-state index is 13.3. The molecule has 1 aromatic carbocycles. The first-order valence-electron chi connectivity index (χ1n) is 9.12. The zero-order valence-electron chi connectivity index (χ0n) is 16.6. The van der Waals surface area contributed by atoms with Crippen molar-refractivity contribution < 1.29 is 13.2 Å². The molecule has 0 heterocycles. The smallest absolute Gasteiger partial charge is 0.404 e. The second-order valence-corrected chi connectivity index (χ2v) is 7.26. The summed E-state index contributed by atoms with van der Waals surface area (Å²) in [4.78, 5) is 1.97. The standard InChI is InChI=1S/C20H31F3N4/c1-14(2)5-6-15-9-16(11-18(10-15)20(21,22)23)19(25)17(12-24)13-27(4)8-7-26-3/h9-12,14,25-26H,5-8,13,24H2,1-4H3/b17-12-,25-19?. The number of nitrogens with one attached hydrogen (secondary N) is 2. The normalized spacial score (nSPS) is 12.9. The molecule has 4 nitrogen and oxygen atoms in total. The summed E-state index contributed by atoms with van der Waals surface area (Å²) >= 11 is 0. The van der Waals surface area contributed by atoms with Gasteiger partial charge in [-0.25, -0.2) is 0 Å². The van der Waals surface area contributed by atoms with E-state index in [1.54, 1.807) is 6.07 Å². The average Bonchev–Trinajstić information content (AvgIpc) is 2.61. The summed E-state index contributed by atoms with van der Waals surface area (Å²) in [5.41, 5.74) is 6.35. The molecule has 152 valence electrons. The summed E-state index contributed by atoms with van der Waals surface area (Å²) in [5, 5.41) is 11.4. The number of hydrogen-bond acceptors (Lipinski definition) is 4. The molecular weight excluding hydrogens is 353 g/mol. The van der Waals surface area contributed by atoms with Gasteiger partial charge in [0.1, 0.15) is 0 Å². The van der Waals surface area contributed by atoms with Gasteiger partial charge in [0.05, 0.1) is 11.3 Å². The molecule has 0 aromatic heterocycles. The van der Waals surface area contributed by atoms with Crippen molar-refractivity contribution in [3.8, 4) is 0 Å². The molecule has 0 unspecified atom stereocenters. The predicted molar refractivity (Wildman–Crippen MR) is 105 cm³/mol. The second-order valence-electron chi connectivity index (χ2n) is 7.26. The number of benzene rings is 1. The van der Waals surface area contributed by atoms with Gasteiger partial charge in [-0.3, -0.25) is 5.41 Å². The second kappa shape index (κ2) is 10.5. The van der Waals surface area contributed by atoms with Gasteiger partial charge < -0.3 is 16.0 Å². The molecule has 0 saturated heterocycles. The quantitative estimate of drug-likeness (QED) is 0.540. The van der Waals surface area contributed by atoms with Crippen LogP contribution in [0, 0.1) is 11.3 Å². The van der Waals surface area contributed by atoms with E-state index in [2.05, 4.69) is 5.32 Å². The molecule has 1 rings (SSSR count). The van der Waals surface area contributed by atoms with Gasteiger partial charge in [-0.05, 0) is 56.6 Å². The van der Waals surface area contributed by atoms with Gasteiger partial charge in [0, 0.05) is 37.0 Å². The first-order valence-corrected chi connectivity index (χ1v) is 9.12. The Balaban J connectivity index is 3.13. The highest BCUT2D eigenvalue weighted by Gasteiger charge is 2.31. The number of rotatable bonds is 10. The van der Waals surface area contributed by atoms with Gasteiger partial charge >= 0.3 is 6.18 Å². The van der Waals surface area contributed by atoms with E-state index in [1.165, 1.54) is 12.3 Å². The Morgan fingerprint density at radius 3 is 2.48 bits per heavy atom. The number of hydrogen-bond donors (Lipinski definition) is 3. The molecular formula is C20H31F3N4. The summed E-state index contributed by atoms with van der Waals surface area (Å²) < 4.78 is 40.0. The van der Waals surface area contributed by atoms with Crippen LogP contribution in [0.1, 0.15) is 37.0 Å². The minimum Gasteiger partial charge on any atom is -0.404 e. The molecule has 0 saturated carbocycles. The number of halogens is 3. The average molecular weight is 384 g/mol. The molecule has 0 amide bonds. The lowest BCUT2D eigenvalue weighted by Crippen LogP contribution is -2.31. The first kappa shape index (κ1) is 23.2. The van der Waals surface area contributed by atoms with E-state index in [0.29, 0.717) is 30.0 Å². The van der Waals surface area contributed by atoms with Crippen LogP contribution in [0.5, 0.6) is 0 Å². The Morgan fingerprint density at radius 2 is 1.96 bits per heavy atom. The summed E-state index contributed by atoms with van der Waals surface area (Å²) in [6.07, 6.45) is -1.79. The molecule has 0 atom stereocenters. The van der Waals surface area contributed by atoms with Crippen LogP contribution in [0.2, 0.25) is 0 Å². The zero-order valence-corrected chi connectivity index (χ0v) is 16.6. The van der Waals surface area contributed by atoms with Gasteiger partial charge in [-0.15, -0.1) is 0 Å². The molecule has 0 spiro atoms. The van der Waals surface area contributed by atoms with Crippen molar-refractivity contribution in [2.24, 2.45) is 11.7 Å². The van der Waals surface area contributed by atoms with Crippen molar-refractivity contribution in [2.75, 3.05) is 33.7 Å². The van der Waals surface area contributed by atoms with Crippen LogP contribution in [-0.4, -0.2) is 44.3 Å². The summed E-state index contributed by atoms with van der Waals surface area (Å²) in [5.74, 6) is 0.391. The van der Waals surface area contributed by atoms with Crippen molar-refractivity contribution in [1.29, 1.82) is 5.41 Å². The van der Waals surface area contributed by atoms with Gasteiger partial charge in [0.25, 0.3) is 0 Å². The van der Waals surface area contributed by atoms with E-state index in [0.717, 1.165) is 25.6 Å². The van der Waals surface area contributed by atoms with Crippen molar-refractivity contribution >= 4 is 5.71 Å². The van der Waals surface area contributed by atoms with Crippen LogP contribution in [-0.2, 0) is 12.6 Å². The summed E-state index contributed by atoms with van der Waals surface area (Å²) in [6.45, 7) is 5.97. The molecule has 7 heteroatoms. The maximum Gasteiger partial charge on any atom is 0.416 e. The van der Waals surface area contributed by atoms with Crippen molar-refractivity contribution in [3.63, 3.8) is 0 Å². The van der Waals surface area contributed by atoms with E-state index >= 15 is 0 Å². The minimum atomic E-state index is -4.45. The molecule has 0 aliphatic carbocycles. The zero-order chi connectivity index (χ0) is 20.6. The first-order chi connectivity index (χ1) is 12.6. The number of nitrogens with two attached hydrogens (primary N) is 1. The van der Waals surface area contributed by atoms with E-state index in [9.17, 15) is 13.2 Å². The van der Waals surface area contributed by atoms with Crippen LogP contribution < -0.4 is 11.1 Å². The van der Waals surface area contributed by atoms with Crippen LogP contribution in [0.15, 0.2) is 30.0 Å². The lowest BCUT2D eigenvalue weighted by Gasteiger charge is -2.20. The van der Waals surface area contributed by atoms with Crippen LogP contribution in [0.4, 0.5) is 13.2 Å². The lowest BCUT2D eigenvalue weighted by molar-refractivity contribution is -0.137. The molecule has 4 N–H and O–H groups in total. The molecule has 0 fully saturated rings. The Morgan fingerprint density at radius 1 is 1.30 bits per heavy atom. The summed E-state index contributed by atoms with van der Waals surface area (Å²) in [7, 11) is 3.73. The Hall–Kier alpha value is -1.86. The van der Waals surface area contributed by atoms with Crippen LogP contribution >= 0.6 is 0 Å². The van der Waals surface area contributed by atoms with Crippen molar-refractivity contribution in [3.05, 3.63) is 46.7 Å². The largest absolute Gasteiger partial charge is 0.416 e. The molecule has 0 aliphatic heterocycles. The van der Waals surface area contributed by atoms with Crippen LogP contribution in [0.3, 0.4) is 0 Å². The Bertz CT molecular complexity index is 651. The number of likely N-dealkylation sites (N-methyl/N-ethyl adjacent to an activating group) is 2. The van der Waals surface area contributed by atoms with Gasteiger partial charge in [0.2, 0.25) is 0 Å². The number of alkyl halides is 3. The summed E-state index contributed by atoms with van der Waals surface area (Å²) in [6, 6.07) is 3.90. The lowest BCUT2D eigenvalue weighted by atomic mass is 9.94. The highest BCUT2D eigenvalue weighted by Crippen LogP contribution is 2.31. The minimum absolute atomic E-state index is 0.0331. The molecule has 0 aliphatic rings. The number of aryl methyl sites for hydroxylation is 1. The fraction of sp³-hybridized carbons (Fsp3) is 0.550. The monoisotopic (exact) mass is 384 g/mol. The van der Waals surface area contributed by atoms with Gasteiger partial charge in [-0.1, -0.05) is 13.8 Å². The highest BCUT2D eigenvalue weighted by molar-refractivity contribution is 6.11. The van der Waals surface area contributed by atoms with E-state index in [1.807, 2.05) is 32.8 Å². The molecule has 1 aromatic rings. The maximum atomic E-state index is 13.3. The van der Waals surface area contributed by atoms with Crippen molar-refractivity contribution in [2.45, 2.75) is 32.9 Å². The Kier molecular flexibility index (Phi) is 8.99. The van der Waals surface area contributed by atoms with Gasteiger partial charge in [-0.2, -0.15) is 13.2 Å². The van der Waals surface area contributed by atoms with E-state index < -0.39 is 11.7 Å². The van der Waals surface area contributed by atoms with Crippen LogP contribution in [0.25, 0.3) is 0 Å². The highest BCUT2D eigenvalue weighted by atomic mass is 19.4. The third kappa shape index (κ3) is 7.72. The Labute approximate surface area is 160 Å². The molecule has 0 radical (unpaired) electrons. The molecule has 0 bridgehead atoms. The van der Waals surface area contributed by atoms with E-state index in [-0.39, 0.29) is 11.3 Å².